The largest absolute Gasteiger partial charge is 0.335 e. The van der Waals surface area contributed by atoms with Gasteiger partial charge in [0, 0.05) is 11.1 Å². The summed E-state index contributed by atoms with van der Waals surface area (Å²) in [5, 5.41) is 8.41. The molecule has 0 amide bonds. The molecule has 0 saturated carbocycles. The number of hydrogen-bond donors (Lipinski definition) is 1. The number of benzene rings is 4. The van der Waals surface area contributed by atoms with Crippen molar-refractivity contribution in [1.82, 2.24) is 9.78 Å². The summed E-state index contributed by atoms with van der Waals surface area (Å²) in [5.74, 6) is 1.58. The molecule has 1 aromatic heterocycles. The number of rotatable bonds is 3. The Bertz CT molecular complexity index is 1790. The van der Waals surface area contributed by atoms with Gasteiger partial charge < -0.3 is 10.2 Å². The van der Waals surface area contributed by atoms with E-state index >= 15 is 4.39 Å². The molecule has 0 saturated heterocycles. The molecule has 1 N–H and O–H groups in total. The fourth-order valence-electron chi connectivity index (χ4n) is 5.38. The minimum atomic E-state index is -0.503. The van der Waals surface area contributed by atoms with Gasteiger partial charge in [-0.2, -0.15) is 5.10 Å². The zero-order valence-electron chi connectivity index (χ0n) is 21.5. The molecule has 6 nitrogen and oxygen atoms in total. The summed E-state index contributed by atoms with van der Waals surface area (Å²) in [7, 11) is 0. The van der Waals surface area contributed by atoms with Crippen LogP contribution in [0.15, 0.2) is 113 Å². The lowest BCUT2D eigenvalue weighted by Gasteiger charge is -2.42. The van der Waals surface area contributed by atoms with Gasteiger partial charge in [-0.05, 0) is 55.8 Å². The van der Waals surface area contributed by atoms with Crippen LogP contribution in [0.1, 0.15) is 28.4 Å². The van der Waals surface area contributed by atoms with Crippen molar-refractivity contribution in [3.63, 3.8) is 0 Å². The van der Waals surface area contributed by atoms with Gasteiger partial charge in [-0.15, -0.1) is 0 Å². The maximum Gasteiger partial charge on any atom is 0.179 e. The van der Waals surface area contributed by atoms with Crippen LogP contribution in [0.2, 0.25) is 0 Å². The van der Waals surface area contributed by atoms with Crippen LogP contribution in [0.5, 0.6) is 0 Å². The van der Waals surface area contributed by atoms with E-state index in [9.17, 15) is 0 Å². The smallest absolute Gasteiger partial charge is 0.179 e. The Morgan fingerprint density at radius 3 is 2.36 bits per heavy atom. The third-order valence-corrected chi connectivity index (χ3v) is 7.23. The Morgan fingerprint density at radius 1 is 0.821 bits per heavy atom. The van der Waals surface area contributed by atoms with Gasteiger partial charge in [-0.25, -0.2) is 19.1 Å². The number of anilines is 2. The summed E-state index contributed by atoms with van der Waals surface area (Å²) in [6.45, 7) is 3.99. The van der Waals surface area contributed by atoms with Gasteiger partial charge >= 0.3 is 0 Å². The first kappa shape index (κ1) is 23.1. The third-order valence-electron chi connectivity index (χ3n) is 7.23. The number of hydrogen-bond acceptors (Lipinski definition) is 4. The highest BCUT2D eigenvalue weighted by Gasteiger charge is 2.42. The molecule has 1 atom stereocenters. The molecule has 2 aliphatic heterocycles. The second-order valence-corrected chi connectivity index (χ2v) is 9.69. The van der Waals surface area contributed by atoms with Crippen LogP contribution in [0.3, 0.4) is 0 Å². The topological polar surface area (TPSA) is 57.8 Å². The first-order valence-corrected chi connectivity index (χ1v) is 12.9. The molecule has 0 fully saturated rings. The number of para-hydroxylation sites is 4. The molecule has 7 rings (SSSR count). The summed E-state index contributed by atoms with van der Waals surface area (Å²) in [6.07, 6.45) is 0. The minimum Gasteiger partial charge on any atom is -0.335 e. The molecule has 2 aliphatic rings. The van der Waals surface area contributed by atoms with Gasteiger partial charge in [0.05, 0.1) is 34.5 Å². The normalized spacial score (nSPS) is 16.7. The average Bonchev–Trinajstić information content (AvgIpc) is 3.30. The second-order valence-electron chi connectivity index (χ2n) is 9.69. The Morgan fingerprint density at radius 2 is 1.54 bits per heavy atom. The number of aryl methyl sites for hydroxylation is 2. The molecule has 0 radical (unpaired) electrons. The van der Waals surface area contributed by atoms with Crippen LogP contribution in [0.4, 0.5) is 27.3 Å². The molecule has 0 aliphatic carbocycles. The van der Waals surface area contributed by atoms with Gasteiger partial charge in [0.1, 0.15) is 5.82 Å². The minimum absolute atomic E-state index is 0.282. The van der Waals surface area contributed by atoms with E-state index in [0.29, 0.717) is 23.1 Å². The first-order valence-electron chi connectivity index (χ1n) is 12.9. The number of halogens is 1. The molecular weight excluding hydrogens is 487 g/mol. The van der Waals surface area contributed by atoms with Crippen molar-refractivity contribution in [2.75, 3.05) is 10.2 Å². The number of nitrogens with one attached hydrogen (secondary N) is 1. The van der Waals surface area contributed by atoms with E-state index in [1.807, 2.05) is 110 Å². The lowest BCUT2D eigenvalue weighted by Crippen LogP contribution is -2.48. The van der Waals surface area contributed by atoms with Crippen LogP contribution in [0.25, 0.3) is 5.69 Å². The summed E-state index contributed by atoms with van der Waals surface area (Å²) >= 11 is 0. The third kappa shape index (κ3) is 3.74. The first-order chi connectivity index (χ1) is 19.1. The Hall–Kier alpha value is -5.04. The van der Waals surface area contributed by atoms with Crippen molar-refractivity contribution in [2.24, 2.45) is 9.98 Å². The fraction of sp³-hybridized carbons (Fsp3) is 0.0938. The molecule has 190 valence electrons. The standard InChI is InChI=1S/C32H25FN6/c1-20-12-6-9-17-25(20)34-30-32-36-31-28(21(2)37-39(31)22-13-4-3-5-14-22)29(23-15-7-8-16-24(23)33)38(32)27-19-11-10-18-26(27)35-30/h3-19,29H,1-2H3,(H,34,35)/t29-/m0/s1. The highest BCUT2D eigenvalue weighted by molar-refractivity contribution is 6.52. The number of amidine groups is 2. The molecule has 4 aromatic carbocycles. The number of aromatic nitrogens is 2. The van der Waals surface area contributed by atoms with Crippen LogP contribution in [-0.4, -0.2) is 21.5 Å². The van der Waals surface area contributed by atoms with E-state index in [0.717, 1.165) is 39.6 Å². The van der Waals surface area contributed by atoms with Gasteiger partial charge in [0.15, 0.2) is 17.5 Å². The monoisotopic (exact) mass is 512 g/mol. The number of nitrogens with zero attached hydrogens (tertiary/aromatic N) is 5. The van der Waals surface area contributed by atoms with E-state index in [-0.39, 0.29) is 5.82 Å². The van der Waals surface area contributed by atoms with Gasteiger partial charge in [-0.1, -0.05) is 66.7 Å². The van der Waals surface area contributed by atoms with Crippen molar-refractivity contribution < 1.29 is 4.39 Å². The molecule has 3 heterocycles. The van der Waals surface area contributed by atoms with Gasteiger partial charge in [-0.3, -0.25) is 0 Å². The van der Waals surface area contributed by atoms with E-state index in [4.69, 9.17) is 15.1 Å². The average molecular weight is 513 g/mol. The van der Waals surface area contributed by atoms with E-state index < -0.39 is 6.04 Å². The second kappa shape index (κ2) is 9.06. The molecule has 0 spiro atoms. The van der Waals surface area contributed by atoms with Crippen molar-refractivity contribution in [2.45, 2.75) is 19.9 Å². The van der Waals surface area contributed by atoms with Crippen LogP contribution in [-0.2, 0) is 0 Å². The number of fused-ring (bicyclic) bond motifs is 4. The molecular formula is C32H25FN6. The van der Waals surface area contributed by atoms with Gasteiger partial charge in [0.2, 0.25) is 0 Å². The van der Waals surface area contributed by atoms with Crippen molar-refractivity contribution >= 4 is 34.6 Å². The molecule has 0 bridgehead atoms. The fourth-order valence-corrected chi connectivity index (χ4v) is 5.38. The predicted octanol–water partition coefficient (Wildman–Crippen LogP) is 7.42. The molecule has 0 unspecified atom stereocenters. The summed E-state index contributed by atoms with van der Waals surface area (Å²) in [5.41, 5.74) is 6.74. The van der Waals surface area contributed by atoms with E-state index in [1.54, 1.807) is 6.07 Å². The number of aliphatic imine (C=N–C) groups is 2. The zero-order chi connectivity index (χ0) is 26.5. The Kier molecular flexibility index (Phi) is 5.37. The predicted molar refractivity (Wildman–Crippen MR) is 154 cm³/mol. The highest BCUT2D eigenvalue weighted by atomic mass is 19.1. The van der Waals surface area contributed by atoms with Crippen molar-refractivity contribution in [1.29, 1.82) is 0 Å². The molecule has 7 heteroatoms. The lowest BCUT2D eigenvalue weighted by atomic mass is 9.92. The Balaban J connectivity index is 1.56. The summed E-state index contributed by atoms with van der Waals surface area (Å²) < 4.78 is 17.5. The quantitative estimate of drug-likeness (QED) is 0.274. The molecule has 5 aromatic rings. The summed E-state index contributed by atoms with van der Waals surface area (Å²) in [4.78, 5) is 12.3. The Labute approximate surface area is 225 Å². The summed E-state index contributed by atoms with van der Waals surface area (Å²) in [6, 6.07) is 32.3. The van der Waals surface area contributed by atoms with E-state index in [2.05, 4.69) is 10.2 Å². The van der Waals surface area contributed by atoms with Crippen LogP contribution >= 0.6 is 0 Å². The van der Waals surface area contributed by atoms with Gasteiger partial charge in [0.25, 0.3) is 0 Å². The van der Waals surface area contributed by atoms with Crippen LogP contribution < -0.4 is 10.2 Å². The van der Waals surface area contributed by atoms with E-state index in [1.165, 1.54) is 6.07 Å². The van der Waals surface area contributed by atoms with Crippen molar-refractivity contribution in [3.05, 3.63) is 131 Å². The van der Waals surface area contributed by atoms with Crippen molar-refractivity contribution in [3.8, 4) is 5.69 Å². The molecule has 39 heavy (non-hydrogen) atoms. The maximum atomic E-state index is 15.6. The van der Waals surface area contributed by atoms with Crippen LogP contribution in [0, 0.1) is 19.7 Å². The lowest BCUT2D eigenvalue weighted by molar-refractivity contribution is 0.597. The SMILES string of the molecule is Cc1ccccc1N=C1Nc2ccccc2N2C1=Nc1c(c(C)nn1-c1ccccc1)[C@@H]2c1ccccc1F. The zero-order valence-corrected chi connectivity index (χ0v) is 21.5. The highest BCUT2D eigenvalue weighted by Crippen LogP contribution is 2.48. The maximum absolute atomic E-state index is 15.6.